The van der Waals surface area contributed by atoms with Gasteiger partial charge in [-0.25, -0.2) is 0 Å². The molecule has 1 aromatic carbocycles. The second-order valence-electron chi connectivity index (χ2n) is 7.13. The molecule has 2 amide bonds. The van der Waals surface area contributed by atoms with Gasteiger partial charge in [-0.05, 0) is 38.4 Å². The lowest BCUT2D eigenvalue weighted by Gasteiger charge is -2.44. The number of benzene rings is 1. The van der Waals surface area contributed by atoms with Crippen LogP contribution in [0.5, 0.6) is 0 Å². The summed E-state index contributed by atoms with van der Waals surface area (Å²) in [5, 5.41) is 4.08. The van der Waals surface area contributed by atoms with Crippen LogP contribution in [0.15, 0.2) is 30.3 Å². The van der Waals surface area contributed by atoms with Crippen LogP contribution in [0.4, 0.5) is 0 Å². The summed E-state index contributed by atoms with van der Waals surface area (Å²) in [6, 6.07) is 9.81. The largest absolute Gasteiger partial charge is 0.354 e. The molecule has 2 aliphatic heterocycles. The van der Waals surface area contributed by atoms with Crippen LogP contribution in [0.1, 0.15) is 29.8 Å². The third kappa shape index (κ3) is 2.70. The highest BCUT2D eigenvalue weighted by molar-refractivity contribution is 5.98. The molecular weight excluding hydrogens is 316 g/mol. The third-order valence-electron chi connectivity index (χ3n) is 5.75. The average molecular weight is 340 g/mol. The average Bonchev–Trinajstić information content (AvgIpc) is 3.03. The Morgan fingerprint density at radius 2 is 1.92 bits per heavy atom. The van der Waals surface area contributed by atoms with E-state index >= 15 is 0 Å². The number of amides is 2. The minimum absolute atomic E-state index is 0.0164. The standard InChI is InChI=1S/C19H24N4O2/c1-22-10-4-9-20-18(25)19(22)7-11-23(12-8-19)17(24)16-13-14-5-2-3-6-15(14)21-16/h2-3,5-6,13,21H,4,7-12H2,1H3,(H,20,25). The quantitative estimate of drug-likeness (QED) is 0.828. The molecule has 6 nitrogen and oxygen atoms in total. The first-order chi connectivity index (χ1) is 12.1. The van der Waals surface area contributed by atoms with E-state index in [-0.39, 0.29) is 11.8 Å². The van der Waals surface area contributed by atoms with Crippen LogP contribution in [-0.4, -0.2) is 65.4 Å². The number of carbonyl (C=O) groups excluding carboxylic acids is 2. The zero-order valence-electron chi connectivity index (χ0n) is 14.5. The van der Waals surface area contributed by atoms with E-state index in [4.69, 9.17) is 0 Å². The van der Waals surface area contributed by atoms with Crippen LogP contribution < -0.4 is 5.32 Å². The van der Waals surface area contributed by atoms with Gasteiger partial charge in [-0.1, -0.05) is 18.2 Å². The second kappa shape index (κ2) is 6.19. The Morgan fingerprint density at radius 3 is 2.68 bits per heavy atom. The van der Waals surface area contributed by atoms with Crippen molar-refractivity contribution in [1.29, 1.82) is 0 Å². The number of H-pyrrole nitrogens is 1. The molecule has 4 rings (SSSR count). The number of nitrogens with one attached hydrogen (secondary N) is 2. The van der Waals surface area contributed by atoms with E-state index in [1.807, 2.05) is 42.3 Å². The number of likely N-dealkylation sites (tertiary alicyclic amines) is 1. The van der Waals surface area contributed by atoms with Crippen LogP contribution >= 0.6 is 0 Å². The minimum atomic E-state index is -0.465. The number of hydrogen-bond donors (Lipinski definition) is 2. The summed E-state index contributed by atoms with van der Waals surface area (Å²) in [5.74, 6) is 0.132. The van der Waals surface area contributed by atoms with E-state index in [1.54, 1.807) is 0 Å². The summed E-state index contributed by atoms with van der Waals surface area (Å²) in [4.78, 5) is 32.7. The van der Waals surface area contributed by atoms with Crippen molar-refractivity contribution in [3.8, 4) is 0 Å². The van der Waals surface area contributed by atoms with Crippen molar-refractivity contribution in [3.05, 3.63) is 36.0 Å². The van der Waals surface area contributed by atoms with E-state index in [0.717, 1.165) is 30.4 Å². The van der Waals surface area contributed by atoms with Crippen molar-refractivity contribution in [2.45, 2.75) is 24.8 Å². The highest BCUT2D eigenvalue weighted by Gasteiger charge is 2.46. The van der Waals surface area contributed by atoms with Gasteiger partial charge in [0.15, 0.2) is 0 Å². The van der Waals surface area contributed by atoms with Crippen molar-refractivity contribution in [2.24, 2.45) is 0 Å². The molecule has 1 aromatic heterocycles. The molecule has 2 fully saturated rings. The molecule has 0 atom stereocenters. The number of aromatic amines is 1. The maximum absolute atomic E-state index is 12.9. The van der Waals surface area contributed by atoms with Crippen molar-refractivity contribution in [2.75, 3.05) is 33.2 Å². The summed E-state index contributed by atoms with van der Waals surface area (Å²) < 4.78 is 0. The predicted molar refractivity (Wildman–Crippen MR) is 96.4 cm³/mol. The number of para-hydroxylation sites is 1. The Bertz CT molecular complexity index is 772. The molecule has 25 heavy (non-hydrogen) atoms. The van der Waals surface area contributed by atoms with Crippen molar-refractivity contribution in [3.63, 3.8) is 0 Å². The van der Waals surface area contributed by atoms with E-state index in [1.165, 1.54) is 0 Å². The van der Waals surface area contributed by atoms with Gasteiger partial charge < -0.3 is 15.2 Å². The maximum Gasteiger partial charge on any atom is 0.270 e. The zero-order valence-corrected chi connectivity index (χ0v) is 14.5. The molecule has 2 aromatic rings. The molecule has 1 spiro atoms. The summed E-state index contributed by atoms with van der Waals surface area (Å²) >= 11 is 0. The second-order valence-corrected chi connectivity index (χ2v) is 7.13. The Balaban J connectivity index is 1.51. The number of aromatic nitrogens is 1. The molecule has 0 radical (unpaired) electrons. The molecule has 3 heterocycles. The van der Waals surface area contributed by atoms with Gasteiger partial charge in [0.25, 0.3) is 5.91 Å². The molecule has 132 valence electrons. The monoisotopic (exact) mass is 340 g/mol. The van der Waals surface area contributed by atoms with Gasteiger partial charge in [-0.3, -0.25) is 14.5 Å². The number of carbonyl (C=O) groups is 2. The van der Waals surface area contributed by atoms with Gasteiger partial charge in [0.2, 0.25) is 5.91 Å². The first-order valence-electron chi connectivity index (χ1n) is 8.97. The van der Waals surface area contributed by atoms with Gasteiger partial charge in [-0.15, -0.1) is 0 Å². The number of hydrogen-bond acceptors (Lipinski definition) is 3. The lowest BCUT2D eigenvalue weighted by molar-refractivity contribution is -0.134. The fourth-order valence-corrected chi connectivity index (χ4v) is 4.12. The Morgan fingerprint density at radius 1 is 1.16 bits per heavy atom. The molecular formula is C19H24N4O2. The number of likely N-dealkylation sites (N-methyl/N-ethyl adjacent to an activating group) is 1. The van der Waals surface area contributed by atoms with Crippen molar-refractivity contribution >= 4 is 22.7 Å². The molecule has 2 N–H and O–H groups in total. The fourth-order valence-electron chi connectivity index (χ4n) is 4.12. The molecule has 0 aliphatic carbocycles. The molecule has 6 heteroatoms. The Kier molecular flexibility index (Phi) is 4.00. The van der Waals surface area contributed by atoms with Gasteiger partial charge in [0.05, 0.1) is 0 Å². The van der Waals surface area contributed by atoms with Crippen LogP contribution in [0.3, 0.4) is 0 Å². The molecule has 2 aliphatic rings. The van der Waals surface area contributed by atoms with Crippen LogP contribution in [-0.2, 0) is 4.79 Å². The van der Waals surface area contributed by atoms with Gasteiger partial charge in [-0.2, -0.15) is 0 Å². The summed E-state index contributed by atoms with van der Waals surface area (Å²) in [6.45, 7) is 2.86. The van der Waals surface area contributed by atoms with Crippen molar-refractivity contribution < 1.29 is 9.59 Å². The van der Waals surface area contributed by atoms with E-state index in [0.29, 0.717) is 31.6 Å². The Hall–Kier alpha value is -2.34. The lowest BCUT2D eigenvalue weighted by atomic mass is 9.85. The molecule has 0 saturated carbocycles. The predicted octanol–water partition coefficient (Wildman–Crippen LogP) is 1.59. The Labute approximate surface area is 147 Å². The number of fused-ring (bicyclic) bond motifs is 1. The van der Waals surface area contributed by atoms with E-state index in [2.05, 4.69) is 15.2 Å². The third-order valence-corrected chi connectivity index (χ3v) is 5.75. The van der Waals surface area contributed by atoms with Gasteiger partial charge in [0, 0.05) is 37.1 Å². The normalized spacial score (nSPS) is 21.3. The first kappa shape index (κ1) is 16.1. The number of piperidine rings is 1. The topological polar surface area (TPSA) is 68.4 Å². The van der Waals surface area contributed by atoms with E-state index < -0.39 is 5.54 Å². The smallest absolute Gasteiger partial charge is 0.270 e. The van der Waals surface area contributed by atoms with E-state index in [9.17, 15) is 9.59 Å². The first-order valence-corrected chi connectivity index (χ1v) is 8.97. The highest BCUT2D eigenvalue weighted by atomic mass is 16.2. The maximum atomic E-state index is 12.9. The minimum Gasteiger partial charge on any atom is -0.354 e. The number of nitrogens with zero attached hydrogens (tertiary/aromatic N) is 2. The fraction of sp³-hybridized carbons (Fsp3) is 0.474. The van der Waals surface area contributed by atoms with Crippen LogP contribution in [0, 0.1) is 0 Å². The molecule has 2 saturated heterocycles. The van der Waals surface area contributed by atoms with Crippen LogP contribution in [0.2, 0.25) is 0 Å². The highest BCUT2D eigenvalue weighted by Crippen LogP contribution is 2.30. The summed E-state index contributed by atoms with van der Waals surface area (Å²) in [5.41, 5.74) is 1.13. The van der Waals surface area contributed by atoms with Crippen molar-refractivity contribution in [1.82, 2.24) is 20.1 Å². The van der Waals surface area contributed by atoms with Gasteiger partial charge in [0.1, 0.15) is 11.2 Å². The van der Waals surface area contributed by atoms with Crippen LogP contribution in [0.25, 0.3) is 10.9 Å². The SMILES string of the molecule is CN1CCCNC(=O)C12CCN(C(=O)c1cc3ccccc3[nH]1)CC2. The summed E-state index contributed by atoms with van der Waals surface area (Å²) in [6.07, 6.45) is 2.34. The summed E-state index contributed by atoms with van der Waals surface area (Å²) in [7, 11) is 2.03. The molecule has 0 unspecified atom stereocenters. The van der Waals surface area contributed by atoms with Gasteiger partial charge >= 0.3 is 0 Å². The zero-order chi connectivity index (χ0) is 17.4. The molecule has 0 bridgehead atoms. The number of rotatable bonds is 1. The lowest BCUT2D eigenvalue weighted by Crippen LogP contribution is -2.61.